The van der Waals surface area contributed by atoms with Crippen LogP contribution in [0.25, 0.3) is 0 Å². The van der Waals surface area contributed by atoms with Crippen molar-refractivity contribution in [1.29, 1.82) is 0 Å². The van der Waals surface area contributed by atoms with Crippen molar-refractivity contribution in [3.63, 3.8) is 0 Å². The van der Waals surface area contributed by atoms with E-state index in [0.29, 0.717) is 6.54 Å². The van der Waals surface area contributed by atoms with Crippen molar-refractivity contribution in [2.75, 3.05) is 63.8 Å². The summed E-state index contributed by atoms with van der Waals surface area (Å²) in [6.07, 6.45) is 0. The molecule has 0 spiro atoms. The number of carbonyl (C=O) groups is 1. The zero-order chi connectivity index (χ0) is 20.1. The van der Waals surface area contributed by atoms with Gasteiger partial charge in [-0.25, -0.2) is 0 Å². The van der Waals surface area contributed by atoms with Crippen LogP contribution in [0.4, 0.5) is 5.69 Å². The summed E-state index contributed by atoms with van der Waals surface area (Å²) >= 11 is 5.97. The first-order valence-electron chi connectivity index (χ1n) is 10.4. The Morgan fingerprint density at radius 2 is 1.38 bits per heavy atom. The first-order valence-corrected chi connectivity index (χ1v) is 10.8. The summed E-state index contributed by atoms with van der Waals surface area (Å²) in [5.41, 5.74) is 2.53. The normalized spacial score (nSPS) is 18.8. The standard InChI is InChI=1S/C23H29ClN4O/c24-21-8-6-20(7-9-21)18-25-10-12-26(13-11-25)19-23(29)28-16-14-27(15-17-28)22-4-2-1-3-5-22/h1-9H,10-19H2. The minimum Gasteiger partial charge on any atom is -0.368 e. The van der Waals surface area contributed by atoms with Gasteiger partial charge in [-0.3, -0.25) is 14.6 Å². The monoisotopic (exact) mass is 412 g/mol. The van der Waals surface area contributed by atoms with E-state index in [-0.39, 0.29) is 5.91 Å². The Labute approximate surface area is 178 Å². The van der Waals surface area contributed by atoms with Crippen LogP contribution in [0.2, 0.25) is 5.02 Å². The Kier molecular flexibility index (Phi) is 6.70. The van der Waals surface area contributed by atoms with E-state index < -0.39 is 0 Å². The van der Waals surface area contributed by atoms with Gasteiger partial charge in [0.05, 0.1) is 6.54 Å². The molecule has 0 bridgehead atoms. The quantitative estimate of drug-likeness (QED) is 0.755. The van der Waals surface area contributed by atoms with Crippen LogP contribution < -0.4 is 4.90 Å². The van der Waals surface area contributed by atoms with Crippen molar-refractivity contribution in [2.45, 2.75) is 6.54 Å². The van der Waals surface area contributed by atoms with Gasteiger partial charge >= 0.3 is 0 Å². The zero-order valence-corrected chi connectivity index (χ0v) is 17.6. The number of anilines is 1. The Morgan fingerprint density at radius 1 is 0.759 bits per heavy atom. The third-order valence-electron chi connectivity index (χ3n) is 5.90. The van der Waals surface area contributed by atoms with Crippen LogP contribution in [0.3, 0.4) is 0 Å². The molecule has 154 valence electrons. The molecule has 0 saturated carbocycles. The summed E-state index contributed by atoms with van der Waals surface area (Å²) in [5.74, 6) is 0.267. The second-order valence-corrected chi connectivity index (χ2v) is 8.32. The topological polar surface area (TPSA) is 30.0 Å². The van der Waals surface area contributed by atoms with Crippen molar-refractivity contribution in [1.82, 2.24) is 14.7 Å². The lowest BCUT2D eigenvalue weighted by Gasteiger charge is -2.38. The van der Waals surface area contributed by atoms with Gasteiger partial charge in [0.25, 0.3) is 0 Å². The molecule has 4 rings (SSSR count). The summed E-state index contributed by atoms with van der Waals surface area (Å²) in [6, 6.07) is 18.5. The molecule has 0 aliphatic carbocycles. The van der Waals surface area contributed by atoms with E-state index in [4.69, 9.17) is 11.6 Å². The Hall–Kier alpha value is -2.08. The molecular weight excluding hydrogens is 384 g/mol. The van der Waals surface area contributed by atoms with E-state index in [2.05, 4.69) is 51.1 Å². The average Bonchev–Trinajstić information content (AvgIpc) is 2.77. The number of piperazine rings is 2. The molecule has 6 heteroatoms. The molecule has 2 heterocycles. The highest BCUT2D eigenvalue weighted by Gasteiger charge is 2.24. The Bertz CT molecular complexity index is 782. The van der Waals surface area contributed by atoms with Crippen molar-refractivity contribution in [3.05, 3.63) is 65.2 Å². The first kappa shape index (κ1) is 20.2. The average molecular weight is 413 g/mol. The molecule has 0 unspecified atom stereocenters. The number of hydrogen-bond acceptors (Lipinski definition) is 4. The van der Waals surface area contributed by atoms with E-state index in [1.807, 2.05) is 23.1 Å². The predicted octanol–water partition coefficient (Wildman–Crippen LogP) is 2.81. The van der Waals surface area contributed by atoms with Gasteiger partial charge < -0.3 is 9.80 Å². The number of benzene rings is 2. The Morgan fingerprint density at radius 3 is 2.03 bits per heavy atom. The van der Waals surface area contributed by atoms with E-state index in [1.165, 1.54) is 11.3 Å². The highest BCUT2D eigenvalue weighted by atomic mass is 35.5. The molecule has 5 nitrogen and oxygen atoms in total. The lowest BCUT2D eigenvalue weighted by atomic mass is 10.2. The fourth-order valence-electron chi connectivity index (χ4n) is 4.10. The lowest BCUT2D eigenvalue weighted by Crippen LogP contribution is -2.53. The number of rotatable bonds is 5. The minimum absolute atomic E-state index is 0.267. The van der Waals surface area contributed by atoms with Gasteiger partial charge in [0.1, 0.15) is 0 Å². The molecule has 2 aromatic carbocycles. The van der Waals surface area contributed by atoms with Crippen LogP contribution in [0, 0.1) is 0 Å². The molecule has 0 N–H and O–H groups in total. The highest BCUT2D eigenvalue weighted by molar-refractivity contribution is 6.30. The SMILES string of the molecule is O=C(CN1CCN(Cc2ccc(Cl)cc2)CC1)N1CCN(c2ccccc2)CC1. The van der Waals surface area contributed by atoms with Crippen LogP contribution in [0.15, 0.2) is 54.6 Å². The van der Waals surface area contributed by atoms with E-state index in [1.54, 1.807) is 0 Å². The van der Waals surface area contributed by atoms with Crippen LogP contribution in [-0.2, 0) is 11.3 Å². The molecule has 2 saturated heterocycles. The molecule has 2 aliphatic heterocycles. The maximum absolute atomic E-state index is 12.8. The van der Waals surface area contributed by atoms with Gasteiger partial charge in [-0.2, -0.15) is 0 Å². The fourth-order valence-corrected chi connectivity index (χ4v) is 4.22. The summed E-state index contributed by atoms with van der Waals surface area (Å²) in [4.78, 5) is 21.9. The minimum atomic E-state index is 0.267. The zero-order valence-electron chi connectivity index (χ0n) is 16.8. The van der Waals surface area contributed by atoms with Gasteiger partial charge in [0.2, 0.25) is 5.91 Å². The first-order chi connectivity index (χ1) is 14.2. The molecule has 2 aromatic rings. The number of amides is 1. The van der Waals surface area contributed by atoms with Crippen molar-refractivity contribution in [2.24, 2.45) is 0 Å². The summed E-state index contributed by atoms with van der Waals surface area (Å²) in [6.45, 7) is 8.81. The summed E-state index contributed by atoms with van der Waals surface area (Å²) in [7, 11) is 0. The second kappa shape index (κ2) is 9.61. The predicted molar refractivity (Wildman–Crippen MR) is 118 cm³/mol. The van der Waals surface area contributed by atoms with E-state index in [0.717, 1.165) is 63.9 Å². The van der Waals surface area contributed by atoms with Crippen molar-refractivity contribution in [3.8, 4) is 0 Å². The molecule has 0 aromatic heterocycles. The number of halogens is 1. The second-order valence-electron chi connectivity index (χ2n) is 7.88. The molecule has 1 amide bonds. The largest absolute Gasteiger partial charge is 0.368 e. The van der Waals surface area contributed by atoms with Crippen LogP contribution in [0.5, 0.6) is 0 Å². The fraction of sp³-hybridized carbons (Fsp3) is 0.435. The number of nitrogens with zero attached hydrogens (tertiary/aromatic N) is 4. The van der Waals surface area contributed by atoms with E-state index in [9.17, 15) is 4.79 Å². The molecule has 29 heavy (non-hydrogen) atoms. The number of hydrogen-bond donors (Lipinski definition) is 0. The highest BCUT2D eigenvalue weighted by Crippen LogP contribution is 2.16. The third kappa shape index (κ3) is 5.50. The smallest absolute Gasteiger partial charge is 0.236 e. The number of carbonyl (C=O) groups excluding carboxylic acids is 1. The van der Waals surface area contributed by atoms with Gasteiger partial charge in [-0.1, -0.05) is 41.9 Å². The summed E-state index contributed by atoms with van der Waals surface area (Å²) < 4.78 is 0. The van der Waals surface area contributed by atoms with Crippen LogP contribution in [-0.4, -0.2) is 79.5 Å². The molecule has 2 aliphatic rings. The maximum Gasteiger partial charge on any atom is 0.236 e. The van der Waals surface area contributed by atoms with Gasteiger partial charge in [-0.05, 0) is 29.8 Å². The van der Waals surface area contributed by atoms with Gasteiger partial charge in [0.15, 0.2) is 0 Å². The van der Waals surface area contributed by atoms with Crippen LogP contribution in [0.1, 0.15) is 5.56 Å². The van der Waals surface area contributed by atoms with Crippen molar-refractivity contribution < 1.29 is 4.79 Å². The van der Waals surface area contributed by atoms with Gasteiger partial charge in [0, 0.05) is 69.6 Å². The molecule has 2 fully saturated rings. The molecule has 0 radical (unpaired) electrons. The Balaban J connectivity index is 1.19. The molecule has 0 atom stereocenters. The van der Waals surface area contributed by atoms with Crippen molar-refractivity contribution >= 4 is 23.2 Å². The summed E-state index contributed by atoms with van der Waals surface area (Å²) in [5, 5.41) is 0.779. The van der Waals surface area contributed by atoms with Crippen LogP contribution >= 0.6 is 11.6 Å². The van der Waals surface area contributed by atoms with Gasteiger partial charge in [-0.15, -0.1) is 0 Å². The third-order valence-corrected chi connectivity index (χ3v) is 6.15. The lowest BCUT2D eigenvalue weighted by molar-refractivity contribution is -0.133. The maximum atomic E-state index is 12.8. The molecular formula is C23H29ClN4O. The number of para-hydroxylation sites is 1. The van der Waals surface area contributed by atoms with E-state index >= 15 is 0 Å².